The molecule has 0 unspecified atom stereocenters. The number of phenols is 1. The zero-order valence-electron chi connectivity index (χ0n) is 16.9. The van der Waals surface area contributed by atoms with Crippen LogP contribution in [0.4, 0.5) is 5.69 Å². The molecule has 1 aliphatic carbocycles. The van der Waals surface area contributed by atoms with Gasteiger partial charge in [0.05, 0.1) is 0 Å². The second kappa shape index (κ2) is 8.54. The van der Waals surface area contributed by atoms with Gasteiger partial charge in [-0.3, -0.25) is 0 Å². The molecule has 28 heavy (non-hydrogen) atoms. The maximum absolute atomic E-state index is 9.79. The standard InChI is InChI=1S/C24H31NO3/c1-27-24(28-2)18-12-14-25(15-13-18)20-8-6-17(7-9-20)22-5-3-4-19-16-21(26)10-11-23(19)22/h6-11,16,18,22,24,26H,3-5,12-15H2,1-2H3/t22-/m0/s1. The van der Waals surface area contributed by atoms with Crippen LogP contribution in [0.1, 0.15) is 48.3 Å². The van der Waals surface area contributed by atoms with Crippen LogP contribution in [0.25, 0.3) is 0 Å². The molecule has 1 atom stereocenters. The number of aromatic hydroxyl groups is 1. The van der Waals surface area contributed by atoms with Crippen LogP contribution in [-0.2, 0) is 15.9 Å². The van der Waals surface area contributed by atoms with Crippen molar-refractivity contribution in [2.75, 3.05) is 32.2 Å². The van der Waals surface area contributed by atoms with E-state index in [0.717, 1.165) is 32.4 Å². The maximum atomic E-state index is 9.79. The highest BCUT2D eigenvalue weighted by molar-refractivity contribution is 5.51. The zero-order chi connectivity index (χ0) is 19.5. The van der Waals surface area contributed by atoms with Gasteiger partial charge in [0.2, 0.25) is 0 Å². The number of phenolic OH excluding ortho intramolecular Hbond substituents is 1. The highest BCUT2D eigenvalue weighted by Gasteiger charge is 2.27. The Morgan fingerprint density at radius 3 is 2.36 bits per heavy atom. The van der Waals surface area contributed by atoms with Gasteiger partial charge in [-0.1, -0.05) is 18.2 Å². The van der Waals surface area contributed by atoms with Crippen molar-refractivity contribution >= 4 is 5.69 Å². The number of benzene rings is 2. The largest absolute Gasteiger partial charge is 0.508 e. The molecule has 0 amide bonds. The van der Waals surface area contributed by atoms with Crippen LogP contribution in [0.3, 0.4) is 0 Å². The monoisotopic (exact) mass is 381 g/mol. The van der Waals surface area contributed by atoms with E-state index >= 15 is 0 Å². The van der Waals surface area contributed by atoms with Gasteiger partial charge in [-0.15, -0.1) is 0 Å². The minimum Gasteiger partial charge on any atom is -0.508 e. The Kier molecular flexibility index (Phi) is 5.88. The van der Waals surface area contributed by atoms with Crippen molar-refractivity contribution in [2.45, 2.75) is 44.3 Å². The van der Waals surface area contributed by atoms with Gasteiger partial charge >= 0.3 is 0 Å². The predicted molar refractivity (Wildman–Crippen MR) is 112 cm³/mol. The van der Waals surface area contributed by atoms with Crippen molar-refractivity contribution in [2.24, 2.45) is 5.92 Å². The molecule has 4 rings (SSSR count). The Morgan fingerprint density at radius 1 is 0.964 bits per heavy atom. The molecule has 150 valence electrons. The fourth-order valence-electron chi connectivity index (χ4n) is 4.98. The van der Waals surface area contributed by atoms with Crippen LogP contribution in [0.5, 0.6) is 5.75 Å². The van der Waals surface area contributed by atoms with Crippen molar-refractivity contribution in [1.29, 1.82) is 0 Å². The zero-order valence-corrected chi connectivity index (χ0v) is 16.9. The first-order chi connectivity index (χ1) is 13.7. The van der Waals surface area contributed by atoms with Gasteiger partial charge in [0.25, 0.3) is 0 Å². The van der Waals surface area contributed by atoms with Gasteiger partial charge in [0.1, 0.15) is 5.75 Å². The van der Waals surface area contributed by atoms with E-state index in [9.17, 15) is 5.11 Å². The van der Waals surface area contributed by atoms with Crippen LogP contribution < -0.4 is 4.90 Å². The number of ether oxygens (including phenoxy) is 2. The molecule has 1 aliphatic heterocycles. The van der Waals surface area contributed by atoms with Crippen molar-refractivity contribution in [1.82, 2.24) is 0 Å². The molecular weight excluding hydrogens is 350 g/mol. The average Bonchev–Trinajstić information content (AvgIpc) is 2.75. The number of fused-ring (bicyclic) bond motifs is 1. The molecule has 1 N–H and O–H groups in total. The Hall–Kier alpha value is -2.04. The van der Waals surface area contributed by atoms with Gasteiger partial charge in [-0.05, 0) is 73.1 Å². The first kappa shape index (κ1) is 19.3. The van der Waals surface area contributed by atoms with E-state index in [0.29, 0.717) is 17.6 Å². The molecule has 1 saturated heterocycles. The minimum atomic E-state index is -0.0877. The van der Waals surface area contributed by atoms with Crippen LogP contribution >= 0.6 is 0 Å². The molecule has 2 aromatic carbocycles. The highest BCUT2D eigenvalue weighted by Crippen LogP contribution is 2.38. The van der Waals surface area contributed by atoms with E-state index in [-0.39, 0.29) is 6.29 Å². The van der Waals surface area contributed by atoms with Crippen LogP contribution in [0.15, 0.2) is 42.5 Å². The summed E-state index contributed by atoms with van der Waals surface area (Å²) in [6.07, 6.45) is 5.52. The number of piperidine rings is 1. The first-order valence-corrected chi connectivity index (χ1v) is 10.4. The number of hydrogen-bond donors (Lipinski definition) is 1. The quantitative estimate of drug-likeness (QED) is 0.763. The summed E-state index contributed by atoms with van der Waals surface area (Å²) in [5.41, 5.74) is 5.36. The van der Waals surface area contributed by atoms with E-state index in [1.54, 1.807) is 14.2 Å². The van der Waals surface area contributed by atoms with Gasteiger partial charge in [0, 0.05) is 44.8 Å². The Bertz CT molecular complexity index is 777. The Balaban J connectivity index is 1.44. The summed E-state index contributed by atoms with van der Waals surface area (Å²) in [6, 6.07) is 15.0. The number of methoxy groups -OCH3 is 2. The van der Waals surface area contributed by atoms with Gasteiger partial charge in [-0.2, -0.15) is 0 Å². The maximum Gasteiger partial charge on any atom is 0.159 e. The van der Waals surface area contributed by atoms with Crippen LogP contribution in [0.2, 0.25) is 0 Å². The molecule has 4 heteroatoms. The lowest BCUT2D eigenvalue weighted by Crippen LogP contribution is -2.39. The molecule has 2 aromatic rings. The molecular formula is C24H31NO3. The second-order valence-electron chi connectivity index (χ2n) is 8.08. The summed E-state index contributed by atoms with van der Waals surface area (Å²) in [6.45, 7) is 2.08. The minimum absolute atomic E-state index is 0.0877. The fraction of sp³-hybridized carbons (Fsp3) is 0.500. The lowest BCUT2D eigenvalue weighted by Gasteiger charge is -2.36. The lowest BCUT2D eigenvalue weighted by molar-refractivity contribution is -0.141. The van der Waals surface area contributed by atoms with Gasteiger partial charge in [0.15, 0.2) is 6.29 Å². The average molecular weight is 382 g/mol. The van der Waals surface area contributed by atoms with E-state index in [4.69, 9.17) is 9.47 Å². The predicted octanol–water partition coefficient (Wildman–Crippen LogP) is 4.70. The Morgan fingerprint density at radius 2 is 1.68 bits per heavy atom. The van der Waals surface area contributed by atoms with E-state index in [1.165, 1.54) is 35.2 Å². The van der Waals surface area contributed by atoms with Crippen LogP contribution in [0, 0.1) is 5.92 Å². The number of aryl methyl sites for hydroxylation is 1. The third-order valence-electron chi connectivity index (χ3n) is 6.49. The summed E-state index contributed by atoms with van der Waals surface area (Å²) in [4.78, 5) is 2.47. The van der Waals surface area contributed by atoms with Crippen molar-refractivity contribution in [3.8, 4) is 5.75 Å². The molecule has 0 saturated carbocycles. The van der Waals surface area contributed by atoms with E-state index < -0.39 is 0 Å². The first-order valence-electron chi connectivity index (χ1n) is 10.4. The second-order valence-corrected chi connectivity index (χ2v) is 8.08. The molecule has 0 radical (unpaired) electrons. The SMILES string of the molecule is COC(OC)C1CCN(c2ccc([C@@H]3CCCc4cc(O)ccc43)cc2)CC1. The van der Waals surface area contributed by atoms with Crippen molar-refractivity contribution in [3.05, 3.63) is 59.2 Å². The third kappa shape index (κ3) is 3.89. The number of hydrogen-bond acceptors (Lipinski definition) is 4. The number of rotatable bonds is 5. The molecule has 1 heterocycles. The molecule has 2 aliphatic rings. The van der Waals surface area contributed by atoms with Crippen molar-refractivity contribution < 1.29 is 14.6 Å². The molecule has 0 aromatic heterocycles. The molecule has 0 spiro atoms. The number of nitrogens with zero attached hydrogens (tertiary/aromatic N) is 1. The van der Waals surface area contributed by atoms with Crippen molar-refractivity contribution in [3.63, 3.8) is 0 Å². The van der Waals surface area contributed by atoms with E-state index in [1.807, 2.05) is 12.1 Å². The fourth-order valence-corrected chi connectivity index (χ4v) is 4.98. The molecule has 1 fully saturated rings. The topological polar surface area (TPSA) is 41.9 Å². The molecule has 0 bridgehead atoms. The van der Waals surface area contributed by atoms with Crippen LogP contribution in [-0.4, -0.2) is 38.7 Å². The molecule has 4 nitrogen and oxygen atoms in total. The normalized spacial score (nSPS) is 20.4. The lowest BCUT2D eigenvalue weighted by atomic mass is 9.79. The summed E-state index contributed by atoms with van der Waals surface area (Å²) in [5, 5.41) is 9.79. The van der Waals surface area contributed by atoms with E-state index in [2.05, 4.69) is 35.2 Å². The highest BCUT2D eigenvalue weighted by atomic mass is 16.7. The summed E-state index contributed by atoms with van der Waals surface area (Å²) in [7, 11) is 3.45. The summed E-state index contributed by atoms with van der Waals surface area (Å²) in [5.74, 6) is 1.29. The number of anilines is 1. The van der Waals surface area contributed by atoms with Gasteiger partial charge in [-0.25, -0.2) is 0 Å². The van der Waals surface area contributed by atoms with Gasteiger partial charge < -0.3 is 19.5 Å². The third-order valence-corrected chi connectivity index (χ3v) is 6.49. The smallest absolute Gasteiger partial charge is 0.159 e. The summed E-state index contributed by atoms with van der Waals surface area (Å²) < 4.78 is 10.9. The summed E-state index contributed by atoms with van der Waals surface area (Å²) >= 11 is 0. The Labute approximate surface area is 168 Å².